The van der Waals surface area contributed by atoms with Crippen LogP contribution in [0.3, 0.4) is 0 Å². The van der Waals surface area contributed by atoms with Crippen LogP contribution in [0.2, 0.25) is 0 Å². The summed E-state index contributed by atoms with van der Waals surface area (Å²) in [5.74, 6) is 0.704. The number of hydrogen-bond donors (Lipinski definition) is 2. The van der Waals surface area contributed by atoms with Crippen LogP contribution >= 0.6 is 0 Å². The Morgan fingerprint density at radius 2 is 1.94 bits per heavy atom. The van der Waals surface area contributed by atoms with E-state index in [0.29, 0.717) is 11.8 Å². The number of benzene rings is 1. The van der Waals surface area contributed by atoms with E-state index in [0.717, 1.165) is 35.1 Å². The van der Waals surface area contributed by atoms with Gasteiger partial charge in [-0.3, -0.25) is 0 Å². The fourth-order valence-electron chi connectivity index (χ4n) is 2.86. The highest BCUT2D eigenvalue weighted by molar-refractivity contribution is 5.57. The number of phenols is 2. The zero-order chi connectivity index (χ0) is 12.7. The highest BCUT2D eigenvalue weighted by Gasteiger charge is 2.29. The minimum Gasteiger partial charge on any atom is -0.504 e. The highest BCUT2D eigenvalue weighted by atomic mass is 16.3. The summed E-state index contributed by atoms with van der Waals surface area (Å²) in [6.45, 7) is 9.99. The van der Waals surface area contributed by atoms with Crippen LogP contribution in [0.25, 0.3) is 0 Å². The third-order valence-corrected chi connectivity index (χ3v) is 3.89. The maximum atomic E-state index is 10.1. The summed E-state index contributed by atoms with van der Waals surface area (Å²) in [7, 11) is 0. The van der Waals surface area contributed by atoms with Gasteiger partial charge in [-0.15, -0.1) is 0 Å². The van der Waals surface area contributed by atoms with Crippen LogP contribution in [0.1, 0.15) is 55.2 Å². The molecular weight excluding hydrogens is 212 g/mol. The van der Waals surface area contributed by atoms with Crippen LogP contribution in [-0.2, 0) is 0 Å². The molecule has 0 bridgehead atoms. The average Bonchev–Trinajstić information content (AvgIpc) is 2.25. The van der Waals surface area contributed by atoms with Crippen molar-refractivity contribution in [1.29, 1.82) is 0 Å². The van der Waals surface area contributed by atoms with Crippen molar-refractivity contribution in [3.05, 3.63) is 34.9 Å². The summed E-state index contributed by atoms with van der Waals surface area (Å²) in [6, 6.07) is 2.00. The fourth-order valence-corrected chi connectivity index (χ4v) is 2.86. The lowest BCUT2D eigenvalue weighted by Crippen LogP contribution is -2.14. The Bertz CT molecular complexity index is 474. The second-order valence-electron chi connectivity index (χ2n) is 5.27. The largest absolute Gasteiger partial charge is 0.504 e. The Hall–Kier alpha value is -1.44. The van der Waals surface area contributed by atoms with Crippen molar-refractivity contribution in [2.45, 2.75) is 45.4 Å². The molecule has 0 spiro atoms. The van der Waals surface area contributed by atoms with E-state index in [2.05, 4.69) is 13.5 Å². The van der Waals surface area contributed by atoms with Gasteiger partial charge < -0.3 is 10.2 Å². The van der Waals surface area contributed by atoms with Gasteiger partial charge in [0.05, 0.1) is 0 Å². The molecule has 0 heterocycles. The first-order valence-corrected chi connectivity index (χ1v) is 6.14. The third-order valence-electron chi connectivity index (χ3n) is 3.89. The molecule has 1 aromatic rings. The summed E-state index contributed by atoms with van der Waals surface area (Å²) < 4.78 is 0. The Kier molecular flexibility index (Phi) is 2.90. The van der Waals surface area contributed by atoms with Crippen molar-refractivity contribution in [2.75, 3.05) is 0 Å². The molecule has 17 heavy (non-hydrogen) atoms. The lowest BCUT2D eigenvalue weighted by Gasteiger charge is -2.31. The summed E-state index contributed by atoms with van der Waals surface area (Å²) in [5.41, 5.74) is 3.92. The van der Waals surface area contributed by atoms with Crippen LogP contribution in [0.15, 0.2) is 18.2 Å². The molecule has 2 rings (SSSR count). The van der Waals surface area contributed by atoms with Crippen molar-refractivity contribution >= 4 is 0 Å². The van der Waals surface area contributed by atoms with E-state index in [-0.39, 0.29) is 11.5 Å². The first-order valence-electron chi connectivity index (χ1n) is 6.14. The first kappa shape index (κ1) is 12.0. The van der Waals surface area contributed by atoms with E-state index >= 15 is 0 Å². The average molecular weight is 232 g/mol. The Morgan fingerprint density at radius 1 is 1.29 bits per heavy atom. The van der Waals surface area contributed by atoms with Crippen LogP contribution < -0.4 is 0 Å². The minimum absolute atomic E-state index is 0.0259. The van der Waals surface area contributed by atoms with Crippen molar-refractivity contribution < 1.29 is 10.2 Å². The molecule has 0 unspecified atom stereocenters. The molecule has 2 atom stereocenters. The molecule has 2 heteroatoms. The second kappa shape index (κ2) is 4.10. The molecule has 92 valence electrons. The lowest BCUT2D eigenvalue weighted by molar-refractivity contribution is 0.386. The lowest BCUT2D eigenvalue weighted by atomic mass is 9.74. The summed E-state index contributed by atoms with van der Waals surface area (Å²) in [5, 5.41) is 19.9. The molecule has 0 aliphatic heterocycles. The van der Waals surface area contributed by atoms with Gasteiger partial charge in [-0.25, -0.2) is 0 Å². The van der Waals surface area contributed by atoms with E-state index in [1.807, 2.05) is 19.9 Å². The summed E-state index contributed by atoms with van der Waals surface area (Å²) in [4.78, 5) is 0. The monoisotopic (exact) mass is 232 g/mol. The van der Waals surface area contributed by atoms with Crippen molar-refractivity contribution in [2.24, 2.45) is 0 Å². The number of aryl methyl sites for hydroxylation is 1. The molecule has 1 aliphatic rings. The van der Waals surface area contributed by atoms with Crippen LogP contribution in [0.4, 0.5) is 0 Å². The molecule has 0 saturated heterocycles. The zero-order valence-electron chi connectivity index (χ0n) is 10.7. The van der Waals surface area contributed by atoms with Gasteiger partial charge >= 0.3 is 0 Å². The Morgan fingerprint density at radius 3 is 2.53 bits per heavy atom. The van der Waals surface area contributed by atoms with Gasteiger partial charge in [0.1, 0.15) is 0 Å². The molecule has 1 aliphatic carbocycles. The maximum Gasteiger partial charge on any atom is 0.161 e. The van der Waals surface area contributed by atoms with Gasteiger partial charge in [-0.2, -0.15) is 0 Å². The number of allylic oxidation sites excluding steroid dienone is 1. The van der Waals surface area contributed by atoms with Crippen molar-refractivity contribution in [3.8, 4) is 11.5 Å². The molecular formula is C15H20O2. The van der Waals surface area contributed by atoms with E-state index < -0.39 is 0 Å². The number of fused-ring (bicyclic) bond motifs is 1. The Balaban J connectivity index is 2.67. The van der Waals surface area contributed by atoms with Crippen LogP contribution in [0.5, 0.6) is 11.5 Å². The molecule has 0 radical (unpaired) electrons. The predicted molar refractivity (Wildman–Crippen MR) is 69.7 cm³/mol. The fraction of sp³-hybridized carbons (Fsp3) is 0.467. The number of rotatable bonds is 1. The van der Waals surface area contributed by atoms with Gasteiger partial charge in [-0.05, 0) is 43.7 Å². The van der Waals surface area contributed by atoms with Gasteiger partial charge in [0.15, 0.2) is 11.5 Å². The van der Waals surface area contributed by atoms with Crippen LogP contribution in [0, 0.1) is 6.92 Å². The molecule has 0 amide bonds. The normalized spacial score (nSPS) is 23.2. The number of phenolic OH excluding ortho intramolecular Hbond substituents is 2. The van der Waals surface area contributed by atoms with E-state index in [1.54, 1.807) is 0 Å². The molecule has 0 saturated carbocycles. The van der Waals surface area contributed by atoms with Crippen LogP contribution in [-0.4, -0.2) is 10.2 Å². The molecule has 1 aromatic carbocycles. The maximum absolute atomic E-state index is 10.1. The van der Waals surface area contributed by atoms with E-state index in [4.69, 9.17) is 0 Å². The molecule has 2 N–H and O–H groups in total. The predicted octanol–water partition coefficient (Wildman–Crippen LogP) is 3.96. The SMILES string of the molecule is C=C(C)[C@H]1CC[C@H](C)c2c1cc(C)c(O)c2O. The quantitative estimate of drug-likeness (QED) is 0.568. The second-order valence-corrected chi connectivity index (χ2v) is 5.27. The molecule has 0 aromatic heterocycles. The van der Waals surface area contributed by atoms with E-state index in [1.165, 1.54) is 0 Å². The van der Waals surface area contributed by atoms with Crippen molar-refractivity contribution in [3.63, 3.8) is 0 Å². The first-order chi connectivity index (χ1) is 7.93. The standard InChI is InChI=1S/C15H20O2/c1-8(2)11-6-5-9(3)13-12(11)7-10(4)14(16)15(13)17/h7,9,11,16-17H,1,5-6H2,2-4H3/t9-,11+/m0/s1. The minimum atomic E-state index is 0.0259. The smallest absolute Gasteiger partial charge is 0.161 e. The van der Waals surface area contributed by atoms with Gasteiger partial charge in [-0.1, -0.05) is 25.1 Å². The van der Waals surface area contributed by atoms with Gasteiger partial charge in [0.2, 0.25) is 0 Å². The summed E-state index contributed by atoms with van der Waals surface area (Å²) in [6.07, 6.45) is 2.10. The number of hydrogen-bond acceptors (Lipinski definition) is 2. The Labute approximate surface area is 103 Å². The topological polar surface area (TPSA) is 40.5 Å². The zero-order valence-corrected chi connectivity index (χ0v) is 10.7. The van der Waals surface area contributed by atoms with Crippen molar-refractivity contribution in [1.82, 2.24) is 0 Å². The van der Waals surface area contributed by atoms with E-state index in [9.17, 15) is 10.2 Å². The molecule has 2 nitrogen and oxygen atoms in total. The summed E-state index contributed by atoms with van der Waals surface area (Å²) >= 11 is 0. The molecule has 0 fully saturated rings. The highest BCUT2D eigenvalue weighted by Crippen LogP contribution is 2.49. The van der Waals surface area contributed by atoms with Gasteiger partial charge in [0.25, 0.3) is 0 Å². The number of aromatic hydroxyl groups is 2. The van der Waals surface area contributed by atoms with Gasteiger partial charge in [0, 0.05) is 11.5 Å². The third kappa shape index (κ3) is 1.82.